The topological polar surface area (TPSA) is 81.1 Å². The van der Waals surface area contributed by atoms with Gasteiger partial charge in [-0.3, -0.25) is 4.79 Å². The van der Waals surface area contributed by atoms with Gasteiger partial charge in [-0.25, -0.2) is 9.07 Å². The number of carbonyl (C=O) groups is 1. The van der Waals surface area contributed by atoms with E-state index in [0.29, 0.717) is 30.6 Å². The number of unbranched alkanes of at least 4 members (excludes halogenated alkanes) is 1. The maximum Gasteiger partial charge on any atom is 0.273 e. The Bertz CT molecular complexity index is 704. The molecule has 2 N–H and O–H groups in total. The van der Waals surface area contributed by atoms with Crippen LogP contribution in [-0.4, -0.2) is 47.1 Å². The molecule has 1 aliphatic rings. The number of hydrogen-bond acceptors (Lipinski definition) is 5. The molecule has 0 atom stereocenters. The van der Waals surface area contributed by atoms with E-state index in [1.165, 1.54) is 12.1 Å². The second kappa shape index (κ2) is 10.8. The average molecular weight is 398 g/mol. The van der Waals surface area contributed by atoms with Crippen LogP contribution in [0, 0.1) is 5.82 Å². The molecule has 9 heteroatoms. The van der Waals surface area contributed by atoms with Gasteiger partial charge in [0.1, 0.15) is 11.6 Å². The Balaban J connectivity index is 0.00000261. The summed E-state index contributed by atoms with van der Waals surface area (Å²) in [6, 6.07) is 6.25. The number of aromatic nitrogens is 3. The van der Waals surface area contributed by atoms with E-state index in [2.05, 4.69) is 20.9 Å². The van der Waals surface area contributed by atoms with E-state index in [9.17, 15) is 9.18 Å². The van der Waals surface area contributed by atoms with Gasteiger partial charge in [-0.2, -0.15) is 0 Å². The van der Waals surface area contributed by atoms with Crippen LogP contribution >= 0.6 is 12.4 Å². The van der Waals surface area contributed by atoms with Crippen molar-refractivity contribution in [1.29, 1.82) is 0 Å². The number of ether oxygens (including phenoxy) is 1. The molecular formula is C18H25ClFN5O2. The number of rotatable bonds is 8. The molecule has 0 saturated carbocycles. The highest BCUT2D eigenvalue weighted by molar-refractivity contribution is 5.91. The van der Waals surface area contributed by atoms with Crippen molar-refractivity contribution >= 4 is 18.3 Å². The van der Waals surface area contributed by atoms with E-state index in [4.69, 9.17) is 4.74 Å². The molecule has 3 rings (SSSR count). The lowest BCUT2D eigenvalue weighted by atomic mass is 10.1. The molecule has 0 bridgehead atoms. The van der Waals surface area contributed by atoms with Gasteiger partial charge in [0, 0.05) is 6.54 Å². The molecule has 0 unspecified atom stereocenters. The van der Waals surface area contributed by atoms with E-state index < -0.39 is 0 Å². The van der Waals surface area contributed by atoms with Crippen molar-refractivity contribution in [3.8, 4) is 5.75 Å². The van der Waals surface area contributed by atoms with Crippen LogP contribution in [0.4, 0.5) is 4.39 Å². The second-order valence-electron chi connectivity index (χ2n) is 6.33. The summed E-state index contributed by atoms with van der Waals surface area (Å²) in [5.74, 6) is 0.159. The van der Waals surface area contributed by atoms with Gasteiger partial charge < -0.3 is 15.4 Å². The third-order valence-corrected chi connectivity index (χ3v) is 4.36. The van der Waals surface area contributed by atoms with Gasteiger partial charge in [0.2, 0.25) is 0 Å². The Morgan fingerprint density at radius 3 is 2.74 bits per heavy atom. The van der Waals surface area contributed by atoms with Crippen LogP contribution in [0.15, 0.2) is 30.5 Å². The molecule has 1 amide bonds. The molecular weight excluding hydrogens is 373 g/mol. The molecule has 1 saturated heterocycles. The number of benzene rings is 1. The highest BCUT2D eigenvalue weighted by atomic mass is 35.5. The minimum atomic E-state index is -0.280. The first-order valence-electron chi connectivity index (χ1n) is 9.01. The van der Waals surface area contributed by atoms with E-state index in [0.717, 1.165) is 38.8 Å². The van der Waals surface area contributed by atoms with E-state index in [1.807, 2.05) is 0 Å². The molecule has 2 aromatic rings. The minimum Gasteiger partial charge on any atom is -0.494 e. The smallest absolute Gasteiger partial charge is 0.273 e. The van der Waals surface area contributed by atoms with Crippen molar-refractivity contribution < 1.29 is 13.9 Å². The zero-order valence-electron chi connectivity index (χ0n) is 15.1. The van der Waals surface area contributed by atoms with Crippen molar-refractivity contribution in [1.82, 2.24) is 25.6 Å². The first kappa shape index (κ1) is 21.1. The Hall–Kier alpha value is -2.19. The van der Waals surface area contributed by atoms with E-state index in [1.54, 1.807) is 23.0 Å². The summed E-state index contributed by atoms with van der Waals surface area (Å²) in [4.78, 5) is 12.1. The van der Waals surface area contributed by atoms with Crippen LogP contribution in [0.1, 0.15) is 42.2 Å². The Kier molecular flexibility index (Phi) is 8.47. The van der Waals surface area contributed by atoms with Crippen molar-refractivity contribution in [2.45, 2.75) is 31.7 Å². The first-order chi connectivity index (χ1) is 12.7. The normalized spacial score (nSPS) is 14.4. The fourth-order valence-electron chi connectivity index (χ4n) is 2.87. The predicted octanol–water partition coefficient (Wildman–Crippen LogP) is 2.35. The first-order valence-corrected chi connectivity index (χ1v) is 9.01. The second-order valence-corrected chi connectivity index (χ2v) is 6.33. The largest absolute Gasteiger partial charge is 0.494 e. The summed E-state index contributed by atoms with van der Waals surface area (Å²) < 4.78 is 20.1. The van der Waals surface area contributed by atoms with Gasteiger partial charge in [-0.05, 0) is 63.0 Å². The van der Waals surface area contributed by atoms with Crippen molar-refractivity contribution in [3.05, 3.63) is 42.0 Å². The number of hydrogen-bond donors (Lipinski definition) is 2. The SMILES string of the molecule is Cl.O=C(NCCCCOc1ccc(F)cc1)c1cn(C2CCNCC2)nn1. The standard InChI is InChI=1S/C18H24FN5O2.ClH/c19-14-3-5-16(6-4-14)26-12-2-1-9-21-18(25)17-13-24(23-22-17)15-7-10-20-11-8-15;/h3-6,13,15,20H,1-2,7-12H2,(H,21,25);1H. The van der Waals surface area contributed by atoms with Crippen molar-refractivity contribution in [2.24, 2.45) is 0 Å². The fraction of sp³-hybridized carbons (Fsp3) is 0.500. The third kappa shape index (κ3) is 6.48. The molecule has 148 valence electrons. The van der Waals surface area contributed by atoms with Crippen molar-refractivity contribution in [3.63, 3.8) is 0 Å². The van der Waals surface area contributed by atoms with E-state index in [-0.39, 0.29) is 24.1 Å². The van der Waals surface area contributed by atoms with Crippen LogP contribution in [0.5, 0.6) is 5.75 Å². The van der Waals surface area contributed by atoms with Crippen LogP contribution in [0.25, 0.3) is 0 Å². The van der Waals surface area contributed by atoms with Crippen LogP contribution in [-0.2, 0) is 0 Å². The van der Waals surface area contributed by atoms with Gasteiger partial charge in [-0.1, -0.05) is 5.21 Å². The molecule has 27 heavy (non-hydrogen) atoms. The molecule has 2 heterocycles. The van der Waals surface area contributed by atoms with E-state index >= 15 is 0 Å². The highest BCUT2D eigenvalue weighted by Gasteiger charge is 2.18. The van der Waals surface area contributed by atoms with Crippen LogP contribution < -0.4 is 15.4 Å². The Morgan fingerprint density at radius 2 is 2.00 bits per heavy atom. The number of carbonyl (C=O) groups excluding carboxylic acids is 1. The quantitative estimate of drug-likeness (QED) is 0.668. The summed E-state index contributed by atoms with van der Waals surface area (Å²) in [6.45, 7) is 3.00. The third-order valence-electron chi connectivity index (χ3n) is 4.36. The summed E-state index contributed by atoms with van der Waals surface area (Å²) in [5, 5.41) is 14.2. The van der Waals surface area contributed by atoms with Crippen LogP contribution in [0.3, 0.4) is 0 Å². The summed E-state index contributed by atoms with van der Waals surface area (Å²) in [6.07, 6.45) is 5.30. The zero-order valence-corrected chi connectivity index (χ0v) is 15.9. The molecule has 0 radical (unpaired) electrons. The number of amides is 1. The van der Waals surface area contributed by atoms with Gasteiger partial charge in [0.15, 0.2) is 5.69 Å². The van der Waals surface area contributed by atoms with Gasteiger partial charge >= 0.3 is 0 Å². The monoisotopic (exact) mass is 397 g/mol. The highest BCUT2D eigenvalue weighted by Crippen LogP contribution is 2.17. The molecule has 1 aromatic heterocycles. The maximum absolute atomic E-state index is 12.8. The molecule has 1 aromatic carbocycles. The maximum atomic E-state index is 12.8. The van der Waals surface area contributed by atoms with Gasteiger partial charge in [0.25, 0.3) is 5.91 Å². The molecule has 7 nitrogen and oxygen atoms in total. The number of nitrogens with zero attached hydrogens (tertiary/aromatic N) is 3. The minimum absolute atomic E-state index is 0. The number of nitrogens with one attached hydrogen (secondary N) is 2. The molecule has 1 fully saturated rings. The lowest BCUT2D eigenvalue weighted by Gasteiger charge is -2.22. The lowest BCUT2D eigenvalue weighted by Crippen LogP contribution is -2.29. The predicted molar refractivity (Wildman–Crippen MR) is 102 cm³/mol. The summed E-state index contributed by atoms with van der Waals surface area (Å²) in [7, 11) is 0. The molecule has 0 aliphatic carbocycles. The Labute approximate surface area is 164 Å². The molecule has 1 aliphatic heterocycles. The van der Waals surface area contributed by atoms with Crippen molar-refractivity contribution in [2.75, 3.05) is 26.2 Å². The number of halogens is 2. The average Bonchev–Trinajstić information content (AvgIpc) is 3.17. The lowest BCUT2D eigenvalue weighted by molar-refractivity contribution is 0.0947. The summed E-state index contributed by atoms with van der Waals surface area (Å²) in [5.41, 5.74) is 0.353. The van der Waals surface area contributed by atoms with Gasteiger partial charge in [-0.15, -0.1) is 17.5 Å². The fourth-order valence-corrected chi connectivity index (χ4v) is 2.87. The number of piperidine rings is 1. The van der Waals surface area contributed by atoms with Gasteiger partial charge in [0.05, 0.1) is 18.8 Å². The molecule has 0 spiro atoms. The van der Waals surface area contributed by atoms with Crippen LogP contribution in [0.2, 0.25) is 0 Å². The zero-order chi connectivity index (χ0) is 18.2. The Morgan fingerprint density at radius 1 is 1.26 bits per heavy atom. The summed E-state index contributed by atoms with van der Waals surface area (Å²) >= 11 is 0.